The molecule has 0 amide bonds. The summed E-state index contributed by atoms with van der Waals surface area (Å²) in [6, 6.07) is 6.72. The van der Waals surface area contributed by atoms with Crippen LogP contribution in [0.25, 0.3) is 0 Å². The molecule has 0 aliphatic rings. The van der Waals surface area contributed by atoms with E-state index >= 15 is 0 Å². The highest BCUT2D eigenvalue weighted by Gasteiger charge is 2.16. The fraction of sp³-hybridized carbons (Fsp3) is 0.600. The van der Waals surface area contributed by atoms with Crippen LogP contribution in [0.4, 0.5) is 5.69 Å². The van der Waals surface area contributed by atoms with Gasteiger partial charge in [0.2, 0.25) is 10.0 Å². The summed E-state index contributed by atoms with van der Waals surface area (Å²) in [6.07, 6.45) is 3.04. The van der Waals surface area contributed by atoms with Crippen molar-refractivity contribution in [2.24, 2.45) is 5.92 Å². The van der Waals surface area contributed by atoms with Crippen LogP contribution in [0.5, 0.6) is 0 Å². The number of hydrogen-bond donors (Lipinski definition) is 2. The quantitative estimate of drug-likeness (QED) is 0.774. The summed E-state index contributed by atoms with van der Waals surface area (Å²) in [4.78, 5) is 0.312. The highest BCUT2D eigenvalue weighted by atomic mass is 32.2. The normalized spacial score (nSPS) is 13.4. The minimum absolute atomic E-state index is 0.0391. The predicted octanol–water partition coefficient (Wildman–Crippen LogP) is 3.22. The minimum Gasteiger partial charge on any atom is -0.388 e. The summed E-state index contributed by atoms with van der Waals surface area (Å²) >= 11 is 0. The van der Waals surface area contributed by atoms with E-state index in [1.54, 1.807) is 31.3 Å². The van der Waals surface area contributed by atoms with Gasteiger partial charge in [-0.05, 0) is 43.5 Å². The molecule has 0 spiro atoms. The molecule has 1 aromatic rings. The van der Waals surface area contributed by atoms with Crippen molar-refractivity contribution in [2.75, 3.05) is 12.4 Å². The van der Waals surface area contributed by atoms with Crippen molar-refractivity contribution in [3.05, 3.63) is 24.3 Å². The van der Waals surface area contributed by atoms with Crippen molar-refractivity contribution in [2.45, 2.75) is 51.0 Å². The Kier molecular flexibility index (Phi) is 6.49. The molecule has 1 atom stereocenters. The van der Waals surface area contributed by atoms with Crippen LogP contribution >= 0.6 is 0 Å². The molecule has 4 nitrogen and oxygen atoms in total. The van der Waals surface area contributed by atoms with Gasteiger partial charge in [-0.3, -0.25) is 0 Å². The van der Waals surface area contributed by atoms with Gasteiger partial charge in [0.15, 0.2) is 0 Å². The lowest BCUT2D eigenvalue weighted by molar-refractivity contribution is 0.488. The van der Waals surface area contributed by atoms with Crippen LogP contribution in [-0.2, 0) is 10.0 Å². The van der Waals surface area contributed by atoms with E-state index in [1.807, 2.05) is 6.92 Å². The maximum atomic E-state index is 12.2. The van der Waals surface area contributed by atoms with Gasteiger partial charge in [0, 0.05) is 18.8 Å². The third-order valence-corrected chi connectivity index (χ3v) is 4.83. The third kappa shape index (κ3) is 5.51. The summed E-state index contributed by atoms with van der Waals surface area (Å²) in [6.45, 7) is 6.27. The second kappa shape index (κ2) is 7.64. The van der Waals surface area contributed by atoms with Gasteiger partial charge < -0.3 is 5.32 Å². The zero-order chi connectivity index (χ0) is 15.2. The Morgan fingerprint density at radius 3 is 2.15 bits per heavy atom. The zero-order valence-corrected chi connectivity index (χ0v) is 13.6. The standard InChI is InChI=1S/C15H26N2O2S/c1-12(2)6-5-7-13(3)17-20(18,19)15-10-8-14(16-4)9-11-15/h8-13,16-17H,5-7H2,1-4H3. The molecule has 114 valence electrons. The summed E-state index contributed by atoms with van der Waals surface area (Å²) < 4.78 is 27.2. The number of rotatable bonds is 8. The molecule has 2 N–H and O–H groups in total. The molecule has 0 aliphatic heterocycles. The molecule has 20 heavy (non-hydrogen) atoms. The van der Waals surface area contributed by atoms with Crippen LogP contribution < -0.4 is 10.0 Å². The minimum atomic E-state index is -3.41. The van der Waals surface area contributed by atoms with E-state index in [9.17, 15) is 8.42 Å². The average molecular weight is 298 g/mol. The summed E-state index contributed by atoms with van der Waals surface area (Å²) in [5, 5.41) is 2.97. The smallest absolute Gasteiger partial charge is 0.240 e. The van der Waals surface area contributed by atoms with Crippen LogP contribution in [0.3, 0.4) is 0 Å². The van der Waals surface area contributed by atoms with Crippen LogP contribution in [-0.4, -0.2) is 21.5 Å². The first-order valence-corrected chi connectivity index (χ1v) is 8.63. The van der Waals surface area contributed by atoms with Gasteiger partial charge in [-0.25, -0.2) is 13.1 Å². The average Bonchev–Trinajstić information content (AvgIpc) is 2.37. The van der Waals surface area contributed by atoms with E-state index in [0.717, 1.165) is 24.9 Å². The first kappa shape index (κ1) is 17.0. The Morgan fingerprint density at radius 2 is 1.65 bits per heavy atom. The van der Waals surface area contributed by atoms with Gasteiger partial charge in [-0.1, -0.05) is 26.7 Å². The topological polar surface area (TPSA) is 58.2 Å². The van der Waals surface area contributed by atoms with Crippen LogP contribution in [0.2, 0.25) is 0 Å². The Balaban J connectivity index is 2.59. The summed E-state index contributed by atoms with van der Waals surface area (Å²) in [7, 11) is -1.61. The van der Waals surface area contributed by atoms with Crippen molar-refractivity contribution in [1.29, 1.82) is 0 Å². The van der Waals surface area contributed by atoms with E-state index in [2.05, 4.69) is 23.9 Å². The molecule has 0 radical (unpaired) electrons. The lowest BCUT2D eigenvalue weighted by atomic mass is 10.0. The predicted molar refractivity (Wildman–Crippen MR) is 84.5 cm³/mol. The van der Waals surface area contributed by atoms with Crippen molar-refractivity contribution < 1.29 is 8.42 Å². The molecule has 1 rings (SSSR count). The van der Waals surface area contributed by atoms with Crippen LogP contribution in [0, 0.1) is 5.92 Å². The highest BCUT2D eigenvalue weighted by molar-refractivity contribution is 7.89. The Labute approximate surface area is 123 Å². The van der Waals surface area contributed by atoms with E-state index in [4.69, 9.17) is 0 Å². The molecule has 0 aliphatic carbocycles. The molecule has 0 fully saturated rings. The van der Waals surface area contributed by atoms with Crippen molar-refractivity contribution >= 4 is 15.7 Å². The number of benzene rings is 1. The molecule has 0 saturated carbocycles. The third-order valence-electron chi connectivity index (χ3n) is 3.23. The van der Waals surface area contributed by atoms with Crippen molar-refractivity contribution in [3.63, 3.8) is 0 Å². The van der Waals surface area contributed by atoms with Gasteiger partial charge >= 0.3 is 0 Å². The molecule has 5 heteroatoms. The maximum Gasteiger partial charge on any atom is 0.240 e. The zero-order valence-electron chi connectivity index (χ0n) is 12.8. The Bertz CT molecular complexity index is 495. The van der Waals surface area contributed by atoms with Gasteiger partial charge in [-0.15, -0.1) is 0 Å². The van der Waals surface area contributed by atoms with Gasteiger partial charge in [0.1, 0.15) is 0 Å². The second-order valence-electron chi connectivity index (χ2n) is 5.62. The van der Waals surface area contributed by atoms with Gasteiger partial charge in [0.25, 0.3) is 0 Å². The van der Waals surface area contributed by atoms with E-state index in [0.29, 0.717) is 10.8 Å². The molecule has 0 aromatic heterocycles. The van der Waals surface area contributed by atoms with Crippen molar-refractivity contribution in [3.8, 4) is 0 Å². The first-order chi connectivity index (χ1) is 9.35. The van der Waals surface area contributed by atoms with E-state index in [1.165, 1.54) is 0 Å². The summed E-state index contributed by atoms with van der Waals surface area (Å²) in [5.41, 5.74) is 0.897. The number of anilines is 1. The Hall–Kier alpha value is -1.07. The van der Waals surface area contributed by atoms with Crippen LogP contribution in [0.15, 0.2) is 29.2 Å². The first-order valence-electron chi connectivity index (χ1n) is 7.15. The molecule has 1 unspecified atom stereocenters. The number of nitrogens with one attached hydrogen (secondary N) is 2. The number of sulfonamides is 1. The molecular formula is C15H26N2O2S. The second-order valence-corrected chi connectivity index (χ2v) is 7.34. The molecule has 1 aromatic carbocycles. The monoisotopic (exact) mass is 298 g/mol. The largest absolute Gasteiger partial charge is 0.388 e. The molecule has 0 bridgehead atoms. The maximum absolute atomic E-state index is 12.2. The van der Waals surface area contributed by atoms with E-state index in [-0.39, 0.29) is 6.04 Å². The lowest BCUT2D eigenvalue weighted by Crippen LogP contribution is -2.32. The van der Waals surface area contributed by atoms with Gasteiger partial charge in [-0.2, -0.15) is 0 Å². The van der Waals surface area contributed by atoms with Gasteiger partial charge in [0.05, 0.1) is 4.90 Å². The van der Waals surface area contributed by atoms with Crippen molar-refractivity contribution in [1.82, 2.24) is 4.72 Å². The summed E-state index contributed by atoms with van der Waals surface area (Å²) in [5.74, 6) is 0.660. The molecule has 0 heterocycles. The highest BCUT2D eigenvalue weighted by Crippen LogP contribution is 2.15. The van der Waals surface area contributed by atoms with Crippen LogP contribution in [0.1, 0.15) is 40.0 Å². The Morgan fingerprint density at radius 1 is 1.05 bits per heavy atom. The fourth-order valence-corrected chi connectivity index (χ4v) is 3.30. The molecule has 0 saturated heterocycles. The number of hydrogen-bond acceptors (Lipinski definition) is 3. The lowest BCUT2D eigenvalue weighted by Gasteiger charge is -2.15. The molecular weight excluding hydrogens is 272 g/mol. The fourth-order valence-electron chi connectivity index (χ4n) is 2.02. The SMILES string of the molecule is CNc1ccc(S(=O)(=O)NC(C)CCCC(C)C)cc1. The van der Waals surface area contributed by atoms with E-state index < -0.39 is 10.0 Å².